The van der Waals surface area contributed by atoms with Crippen LogP contribution in [0.2, 0.25) is 0 Å². The lowest BCUT2D eigenvalue weighted by Crippen LogP contribution is -2.32. The fourth-order valence-corrected chi connectivity index (χ4v) is 2.99. The summed E-state index contributed by atoms with van der Waals surface area (Å²) in [4.78, 5) is 17.0. The zero-order chi connectivity index (χ0) is 21.7. The van der Waals surface area contributed by atoms with Gasteiger partial charge in [-0.3, -0.25) is 4.79 Å². The van der Waals surface area contributed by atoms with Crippen LogP contribution in [-0.2, 0) is 0 Å². The number of ether oxygens (including phenoxy) is 3. The molecule has 0 fully saturated rings. The number of hydrogen-bond donors (Lipinski definition) is 1. The third kappa shape index (κ3) is 4.24. The van der Waals surface area contributed by atoms with Gasteiger partial charge in [0.15, 0.2) is 17.3 Å². The second kappa shape index (κ2) is 9.34. The number of amides is 1. The summed E-state index contributed by atoms with van der Waals surface area (Å²) in [6.45, 7) is 4.02. The van der Waals surface area contributed by atoms with Crippen molar-refractivity contribution in [1.29, 1.82) is 0 Å². The first-order valence-electron chi connectivity index (χ1n) is 9.50. The van der Waals surface area contributed by atoms with E-state index in [9.17, 15) is 4.79 Å². The Bertz CT molecular complexity index is 958. The van der Waals surface area contributed by atoms with Crippen LogP contribution in [0.4, 0.5) is 0 Å². The van der Waals surface area contributed by atoms with Gasteiger partial charge in [-0.15, -0.1) is 0 Å². The summed E-state index contributed by atoms with van der Waals surface area (Å²) in [7, 11) is 4.60. The molecule has 30 heavy (non-hydrogen) atoms. The summed E-state index contributed by atoms with van der Waals surface area (Å²) in [5.41, 5.74) is 0.625. The smallest absolute Gasteiger partial charge is 0.287 e. The Hall–Kier alpha value is -3.49. The minimum Gasteiger partial charge on any atom is -0.493 e. The molecular formula is C21H25N3O6. The Morgan fingerprint density at radius 1 is 1.17 bits per heavy atom. The molecule has 0 aliphatic rings. The van der Waals surface area contributed by atoms with Gasteiger partial charge in [0.25, 0.3) is 5.91 Å². The third-order valence-corrected chi connectivity index (χ3v) is 4.88. The van der Waals surface area contributed by atoms with Gasteiger partial charge in [-0.25, -0.2) is 0 Å². The summed E-state index contributed by atoms with van der Waals surface area (Å²) >= 11 is 0. The standard InChI is InChI=1S/C21H25N3O6/c1-6-12(2)17(22-20(25)14-8-7-9-29-14)21-23-19(24-30-21)13-10-15(26-3)18(28-5)16(11-13)27-4/h7-12,17H,6H2,1-5H3,(H,22,25)/t12-,17+/m0/s1. The normalized spacial score (nSPS) is 12.8. The number of methoxy groups -OCH3 is 3. The number of furan rings is 1. The van der Waals surface area contributed by atoms with Crippen LogP contribution in [0.3, 0.4) is 0 Å². The van der Waals surface area contributed by atoms with E-state index in [1.54, 1.807) is 24.3 Å². The van der Waals surface area contributed by atoms with E-state index in [4.69, 9.17) is 23.2 Å². The minimum atomic E-state index is -0.476. The quantitative estimate of drug-likeness (QED) is 0.561. The number of carbonyl (C=O) groups is 1. The van der Waals surface area contributed by atoms with Crippen molar-refractivity contribution < 1.29 is 27.9 Å². The molecule has 2 atom stereocenters. The van der Waals surface area contributed by atoms with Crippen LogP contribution in [0.5, 0.6) is 17.2 Å². The van der Waals surface area contributed by atoms with Crippen LogP contribution in [0.15, 0.2) is 39.5 Å². The van der Waals surface area contributed by atoms with Crippen molar-refractivity contribution in [3.63, 3.8) is 0 Å². The van der Waals surface area contributed by atoms with E-state index in [0.29, 0.717) is 34.5 Å². The van der Waals surface area contributed by atoms with Crippen LogP contribution >= 0.6 is 0 Å². The van der Waals surface area contributed by atoms with E-state index in [2.05, 4.69) is 15.5 Å². The fraction of sp³-hybridized carbons (Fsp3) is 0.381. The van der Waals surface area contributed by atoms with Gasteiger partial charge in [-0.2, -0.15) is 4.98 Å². The fourth-order valence-electron chi connectivity index (χ4n) is 2.99. The molecule has 0 aliphatic carbocycles. The molecule has 2 heterocycles. The summed E-state index contributed by atoms with van der Waals surface area (Å²) in [6, 6.07) is 6.24. The van der Waals surface area contributed by atoms with Crippen LogP contribution < -0.4 is 19.5 Å². The third-order valence-electron chi connectivity index (χ3n) is 4.88. The molecule has 1 N–H and O–H groups in total. The van der Waals surface area contributed by atoms with E-state index in [0.717, 1.165) is 6.42 Å². The molecule has 0 unspecified atom stereocenters. The molecule has 0 saturated carbocycles. The Balaban J connectivity index is 1.93. The molecule has 3 aromatic rings. The van der Waals surface area contributed by atoms with Crippen molar-refractivity contribution in [2.45, 2.75) is 26.3 Å². The lowest BCUT2D eigenvalue weighted by atomic mass is 9.99. The Morgan fingerprint density at radius 3 is 2.40 bits per heavy atom. The second-order valence-electron chi connectivity index (χ2n) is 6.68. The first kappa shape index (κ1) is 21.2. The maximum atomic E-state index is 12.5. The van der Waals surface area contributed by atoms with E-state index in [-0.39, 0.29) is 17.6 Å². The minimum absolute atomic E-state index is 0.0529. The van der Waals surface area contributed by atoms with E-state index in [1.165, 1.54) is 27.6 Å². The van der Waals surface area contributed by atoms with Crippen molar-refractivity contribution in [1.82, 2.24) is 15.5 Å². The van der Waals surface area contributed by atoms with Gasteiger partial charge in [0.1, 0.15) is 6.04 Å². The van der Waals surface area contributed by atoms with Crippen LogP contribution in [0, 0.1) is 5.92 Å². The van der Waals surface area contributed by atoms with Crippen molar-refractivity contribution in [3.05, 3.63) is 42.2 Å². The average molecular weight is 415 g/mol. The highest BCUT2D eigenvalue weighted by Crippen LogP contribution is 2.40. The van der Waals surface area contributed by atoms with Gasteiger partial charge in [-0.1, -0.05) is 25.4 Å². The predicted octanol–water partition coefficient (Wildman–Crippen LogP) is 3.87. The molecule has 0 aliphatic heterocycles. The number of rotatable bonds is 9. The number of carbonyl (C=O) groups excluding carboxylic acids is 1. The summed E-state index contributed by atoms with van der Waals surface area (Å²) in [5.74, 6) is 1.97. The zero-order valence-electron chi connectivity index (χ0n) is 17.6. The van der Waals surface area contributed by atoms with E-state index >= 15 is 0 Å². The number of nitrogens with zero attached hydrogens (tertiary/aromatic N) is 2. The molecule has 0 spiro atoms. The maximum Gasteiger partial charge on any atom is 0.287 e. The van der Waals surface area contributed by atoms with Gasteiger partial charge in [-0.05, 0) is 30.2 Å². The molecule has 0 bridgehead atoms. The van der Waals surface area contributed by atoms with E-state index in [1.807, 2.05) is 13.8 Å². The van der Waals surface area contributed by atoms with Gasteiger partial charge >= 0.3 is 0 Å². The number of aromatic nitrogens is 2. The van der Waals surface area contributed by atoms with E-state index < -0.39 is 6.04 Å². The van der Waals surface area contributed by atoms with Crippen LogP contribution in [0.25, 0.3) is 11.4 Å². The zero-order valence-corrected chi connectivity index (χ0v) is 17.6. The molecular weight excluding hydrogens is 390 g/mol. The Kier molecular flexibility index (Phi) is 6.61. The molecule has 0 saturated heterocycles. The lowest BCUT2D eigenvalue weighted by Gasteiger charge is -2.20. The SMILES string of the molecule is CC[C@H](C)[C@@H](NC(=O)c1ccco1)c1nc(-c2cc(OC)c(OC)c(OC)c2)no1. The Labute approximate surface area is 174 Å². The van der Waals surface area contributed by atoms with Gasteiger partial charge in [0.2, 0.25) is 17.5 Å². The van der Waals surface area contributed by atoms with Crippen LogP contribution in [-0.4, -0.2) is 37.4 Å². The highest BCUT2D eigenvalue weighted by atomic mass is 16.5. The largest absolute Gasteiger partial charge is 0.493 e. The lowest BCUT2D eigenvalue weighted by molar-refractivity contribution is 0.0882. The van der Waals surface area contributed by atoms with Crippen molar-refractivity contribution >= 4 is 5.91 Å². The number of nitrogens with one attached hydrogen (secondary N) is 1. The van der Waals surface area contributed by atoms with Gasteiger partial charge < -0.3 is 28.5 Å². The first-order chi connectivity index (χ1) is 14.5. The first-order valence-corrected chi connectivity index (χ1v) is 9.50. The summed E-state index contributed by atoms with van der Waals surface area (Å²) in [5, 5.41) is 7.00. The van der Waals surface area contributed by atoms with Crippen molar-refractivity contribution in [3.8, 4) is 28.6 Å². The van der Waals surface area contributed by atoms with Crippen molar-refractivity contribution in [2.75, 3.05) is 21.3 Å². The highest BCUT2D eigenvalue weighted by molar-refractivity contribution is 5.91. The molecule has 9 heteroatoms. The molecule has 1 aromatic carbocycles. The summed E-state index contributed by atoms with van der Waals surface area (Å²) in [6.07, 6.45) is 2.24. The average Bonchev–Trinajstić information content (AvgIpc) is 3.48. The molecule has 160 valence electrons. The molecule has 0 radical (unpaired) electrons. The molecule has 3 rings (SSSR count). The van der Waals surface area contributed by atoms with Crippen molar-refractivity contribution in [2.24, 2.45) is 5.92 Å². The topological polar surface area (TPSA) is 109 Å². The van der Waals surface area contributed by atoms with Gasteiger partial charge in [0, 0.05) is 5.56 Å². The second-order valence-corrected chi connectivity index (χ2v) is 6.68. The Morgan fingerprint density at radius 2 is 1.87 bits per heavy atom. The molecule has 1 amide bonds. The molecule has 9 nitrogen and oxygen atoms in total. The highest BCUT2D eigenvalue weighted by Gasteiger charge is 2.28. The summed E-state index contributed by atoms with van der Waals surface area (Å²) < 4.78 is 26.8. The predicted molar refractivity (Wildman–Crippen MR) is 108 cm³/mol. The van der Waals surface area contributed by atoms with Gasteiger partial charge in [0.05, 0.1) is 27.6 Å². The van der Waals surface area contributed by atoms with Crippen LogP contribution in [0.1, 0.15) is 42.8 Å². The maximum absolute atomic E-state index is 12.5. The molecule has 2 aromatic heterocycles. The monoisotopic (exact) mass is 415 g/mol. The number of hydrogen-bond acceptors (Lipinski definition) is 8. The number of benzene rings is 1.